The van der Waals surface area contributed by atoms with Gasteiger partial charge in [0.1, 0.15) is 4.32 Å². The topological polar surface area (TPSA) is 26.0 Å². The number of rotatable bonds is 1. The first-order chi connectivity index (χ1) is 4.79. The van der Waals surface area contributed by atoms with Gasteiger partial charge in [0.2, 0.25) is 0 Å². The van der Waals surface area contributed by atoms with Crippen LogP contribution in [-0.4, -0.2) is 4.32 Å². The molecule has 1 nitrogen and oxygen atoms in total. The fourth-order valence-corrected chi connectivity index (χ4v) is 1.42. The van der Waals surface area contributed by atoms with Gasteiger partial charge in [-0.2, -0.15) is 0 Å². The molecule has 3 heteroatoms. The molecule has 0 bridgehead atoms. The lowest BCUT2D eigenvalue weighted by atomic mass is 10.4. The molecular formula is C7H7NS2. The average molecular weight is 169 g/mol. The molecule has 1 aromatic rings. The van der Waals surface area contributed by atoms with E-state index in [1.165, 1.54) is 11.8 Å². The minimum atomic E-state index is 0.464. The van der Waals surface area contributed by atoms with E-state index in [-0.39, 0.29) is 0 Å². The number of thioether (sulfide) groups is 1. The van der Waals surface area contributed by atoms with Crippen LogP contribution in [0, 0.1) is 0 Å². The van der Waals surface area contributed by atoms with Gasteiger partial charge < -0.3 is 5.73 Å². The Kier molecular flexibility index (Phi) is 2.71. The molecule has 2 N–H and O–H groups in total. The van der Waals surface area contributed by atoms with Crippen molar-refractivity contribution in [2.45, 2.75) is 4.90 Å². The van der Waals surface area contributed by atoms with Crippen LogP contribution in [0.3, 0.4) is 0 Å². The van der Waals surface area contributed by atoms with E-state index in [0.717, 1.165) is 4.90 Å². The Morgan fingerprint density at radius 3 is 2.40 bits per heavy atom. The molecule has 10 heavy (non-hydrogen) atoms. The third-order valence-electron chi connectivity index (χ3n) is 0.962. The number of benzene rings is 1. The van der Waals surface area contributed by atoms with Gasteiger partial charge in [-0.15, -0.1) is 0 Å². The minimum Gasteiger partial charge on any atom is -0.384 e. The van der Waals surface area contributed by atoms with E-state index in [0.29, 0.717) is 4.32 Å². The highest BCUT2D eigenvalue weighted by molar-refractivity contribution is 8.22. The lowest BCUT2D eigenvalue weighted by Crippen LogP contribution is -2.00. The van der Waals surface area contributed by atoms with Crippen LogP contribution in [-0.2, 0) is 0 Å². The maximum Gasteiger partial charge on any atom is 0.135 e. The zero-order chi connectivity index (χ0) is 7.40. The zero-order valence-corrected chi connectivity index (χ0v) is 6.91. The van der Waals surface area contributed by atoms with E-state index in [2.05, 4.69) is 0 Å². The van der Waals surface area contributed by atoms with E-state index in [9.17, 15) is 0 Å². The first kappa shape index (κ1) is 7.57. The fraction of sp³-hybridized carbons (Fsp3) is 0. The molecule has 0 aliphatic rings. The first-order valence-electron chi connectivity index (χ1n) is 2.81. The van der Waals surface area contributed by atoms with Crippen molar-refractivity contribution in [3.05, 3.63) is 30.3 Å². The van der Waals surface area contributed by atoms with Crippen LogP contribution in [0.4, 0.5) is 0 Å². The molecule has 0 aromatic heterocycles. The van der Waals surface area contributed by atoms with Gasteiger partial charge in [0, 0.05) is 4.90 Å². The largest absolute Gasteiger partial charge is 0.384 e. The van der Waals surface area contributed by atoms with E-state index < -0.39 is 0 Å². The molecule has 0 radical (unpaired) electrons. The van der Waals surface area contributed by atoms with Gasteiger partial charge in [-0.05, 0) is 12.1 Å². The van der Waals surface area contributed by atoms with Crippen LogP contribution >= 0.6 is 24.0 Å². The molecule has 1 rings (SSSR count). The minimum absolute atomic E-state index is 0.464. The van der Waals surface area contributed by atoms with Gasteiger partial charge in [0.05, 0.1) is 0 Å². The molecule has 0 unspecified atom stereocenters. The molecule has 0 saturated carbocycles. The van der Waals surface area contributed by atoms with Crippen molar-refractivity contribution >= 4 is 28.3 Å². The standard InChI is InChI=1S/C7H7NS2/c8-7(9)10-6-4-2-1-3-5-6/h1-5H,(H2,8,9). The van der Waals surface area contributed by atoms with Crippen molar-refractivity contribution in [1.29, 1.82) is 0 Å². The number of nitrogens with two attached hydrogens (primary N) is 1. The van der Waals surface area contributed by atoms with Crippen LogP contribution < -0.4 is 5.73 Å². The Morgan fingerprint density at radius 1 is 1.30 bits per heavy atom. The van der Waals surface area contributed by atoms with Crippen LogP contribution in [0.25, 0.3) is 0 Å². The van der Waals surface area contributed by atoms with Crippen molar-refractivity contribution < 1.29 is 0 Å². The van der Waals surface area contributed by atoms with E-state index in [1.54, 1.807) is 0 Å². The highest BCUT2D eigenvalue weighted by atomic mass is 32.2. The normalized spacial score (nSPS) is 9.20. The Labute approximate surface area is 69.6 Å². The number of hydrogen-bond acceptors (Lipinski definition) is 2. The molecule has 0 atom stereocenters. The Hall–Kier alpha value is -0.540. The Morgan fingerprint density at radius 2 is 1.90 bits per heavy atom. The van der Waals surface area contributed by atoms with E-state index in [1.807, 2.05) is 30.3 Å². The number of hydrogen-bond donors (Lipinski definition) is 1. The maximum atomic E-state index is 5.32. The molecule has 0 amide bonds. The SMILES string of the molecule is NC(=S)Sc1ccccc1. The molecular weight excluding hydrogens is 162 g/mol. The van der Waals surface area contributed by atoms with Gasteiger partial charge >= 0.3 is 0 Å². The summed E-state index contributed by atoms with van der Waals surface area (Å²) < 4.78 is 0.464. The van der Waals surface area contributed by atoms with Crippen LogP contribution in [0.5, 0.6) is 0 Å². The van der Waals surface area contributed by atoms with Gasteiger partial charge in [0.25, 0.3) is 0 Å². The molecule has 0 heterocycles. The quantitative estimate of drug-likeness (QED) is 0.514. The molecule has 1 aromatic carbocycles. The summed E-state index contributed by atoms with van der Waals surface area (Å²) >= 11 is 6.13. The van der Waals surface area contributed by atoms with E-state index >= 15 is 0 Å². The number of thiocarbonyl (C=S) groups is 1. The van der Waals surface area contributed by atoms with E-state index in [4.69, 9.17) is 18.0 Å². The van der Waals surface area contributed by atoms with Crippen molar-refractivity contribution in [1.82, 2.24) is 0 Å². The summed E-state index contributed by atoms with van der Waals surface area (Å²) in [5.74, 6) is 0. The van der Waals surface area contributed by atoms with Gasteiger partial charge in [-0.1, -0.05) is 42.2 Å². The van der Waals surface area contributed by atoms with Gasteiger partial charge in [0.15, 0.2) is 0 Å². The predicted molar refractivity (Wildman–Crippen MR) is 49.1 cm³/mol. The second-order valence-corrected chi connectivity index (χ2v) is 3.55. The molecule has 0 saturated heterocycles. The predicted octanol–water partition coefficient (Wildman–Crippen LogP) is 2.02. The summed E-state index contributed by atoms with van der Waals surface area (Å²) in [6.45, 7) is 0. The maximum absolute atomic E-state index is 5.32. The summed E-state index contributed by atoms with van der Waals surface area (Å²) in [5, 5.41) is 0. The average Bonchev–Trinajstić information content (AvgIpc) is 1.88. The lowest BCUT2D eigenvalue weighted by molar-refractivity contribution is 1.47. The summed E-state index contributed by atoms with van der Waals surface area (Å²) in [6.07, 6.45) is 0. The monoisotopic (exact) mass is 169 g/mol. The van der Waals surface area contributed by atoms with Crippen molar-refractivity contribution in [3.8, 4) is 0 Å². The lowest BCUT2D eigenvalue weighted by Gasteiger charge is -1.95. The molecule has 0 fully saturated rings. The van der Waals surface area contributed by atoms with Crippen LogP contribution in [0.15, 0.2) is 35.2 Å². The van der Waals surface area contributed by atoms with Crippen molar-refractivity contribution in [2.75, 3.05) is 0 Å². The molecule has 0 aliphatic carbocycles. The summed E-state index contributed by atoms with van der Waals surface area (Å²) in [7, 11) is 0. The van der Waals surface area contributed by atoms with Crippen LogP contribution in [0.1, 0.15) is 0 Å². The molecule has 52 valence electrons. The summed E-state index contributed by atoms with van der Waals surface area (Å²) in [6, 6.07) is 9.83. The third-order valence-corrected chi connectivity index (χ3v) is 1.92. The first-order valence-corrected chi connectivity index (χ1v) is 4.04. The zero-order valence-electron chi connectivity index (χ0n) is 5.28. The van der Waals surface area contributed by atoms with Crippen molar-refractivity contribution in [3.63, 3.8) is 0 Å². The summed E-state index contributed by atoms with van der Waals surface area (Å²) in [4.78, 5) is 1.09. The second-order valence-electron chi connectivity index (χ2n) is 1.73. The third kappa shape index (κ3) is 2.37. The Bertz CT molecular complexity index is 220. The molecule has 0 spiro atoms. The highest BCUT2D eigenvalue weighted by Gasteiger charge is 1.91. The van der Waals surface area contributed by atoms with Crippen molar-refractivity contribution in [2.24, 2.45) is 5.73 Å². The Balaban J connectivity index is 2.67. The van der Waals surface area contributed by atoms with Gasteiger partial charge in [-0.3, -0.25) is 0 Å². The van der Waals surface area contributed by atoms with Gasteiger partial charge in [-0.25, -0.2) is 0 Å². The smallest absolute Gasteiger partial charge is 0.135 e. The molecule has 0 aliphatic heterocycles. The van der Waals surface area contributed by atoms with Crippen LogP contribution in [0.2, 0.25) is 0 Å². The fourth-order valence-electron chi connectivity index (χ4n) is 0.605. The summed E-state index contributed by atoms with van der Waals surface area (Å²) in [5.41, 5.74) is 5.32. The second kappa shape index (κ2) is 3.58. The highest BCUT2D eigenvalue weighted by Crippen LogP contribution is 2.15.